The van der Waals surface area contributed by atoms with Crippen LogP contribution in [-0.2, 0) is 6.54 Å². The molecule has 1 aliphatic rings. The number of hydrogen-bond donors (Lipinski definition) is 0. The Labute approximate surface area is 140 Å². The quantitative estimate of drug-likeness (QED) is 0.784. The lowest BCUT2D eigenvalue weighted by atomic mass is 10.1. The Bertz CT molecular complexity index is 718. The van der Waals surface area contributed by atoms with Gasteiger partial charge in [0.25, 0.3) is 5.91 Å². The number of para-hydroxylation sites is 1. The number of amides is 1. The lowest BCUT2D eigenvalue weighted by molar-refractivity contribution is 0.0752. The van der Waals surface area contributed by atoms with Crippen molar-refractivity contribution in [1.82, 2.24) is 4.90 Å². The van der Waals surface area contributed by atoms with E-state index in [0.29, 0.717) is 28.7 Å². The molecule has 1 heterocycles. The molecule has 3 nitrogen and oxygen atoms in total. The average Bonchev–Trinajstić information content (AvgIpc) is 2.69. The molecule has 5 heteroatoms. The molecule has 0 aliphatic carbocycles. The third kappa shape index (κ3) is 2.79. The van der Waals surface area contributed by atoms with Crippen LogP contribution in [0.25, 0.3) is 0 Å². The number of halogens is 2. The van der Waals surface area contributed by atoms with Crippen LogP contribution in [0.15, 0.2) is 42.5 Å². The summed E-state index contributed by atoms with van der Waals surface area (Å²) in [5.74, 6) is -0.0856. The van der Waals surface area contributed by atoms with Crippen molar-refractivity contribution in [3.8, 4) is 0 Å². The summed E-state index contributed by atoms with van der Waals surface area (Å²) in [6.07, 6.45) is 0. The fraction of sp³-hybridized carbons (Fsp3) is 0.235. The number of fused-ring (bicyclic) bond motifs is 1. The van der Waals surface area contributed by atoms with Crippen LogP contribution >= 0.6 is 23.2 Å². The SMILES string of the molecule is CN1CCN(C(=O)c2cccc(Cl)c2Cl)Cc2ccccc21. The molecule has 3 rings (SSSR count). The van der Waals surface area contributed by atoms with Gasteiger partial charge in [0, 0.05) is 32.4 Å². The first kappa shape index (κ1) is 15.2. The molecule has 0 spiro atoms. The van der Waals surface area contributed by atoms with Crippen molar-refractivity contribution in [3.05, 3.63) is 63.6 Å². The lowest BCUT2D eigenvalue weighted by Gasteiger charge is -2.21. The second kappa shape index (κ2) is 6.19. The van der Waals surface area contributed by atoms with Crippen molar-refractivity contribution < 1.29 is 4.79 Å². The predicted molar refractivity (Wildman–Crippen MR) is 90.9 cm³/mol. The fourth-order valence-corrected chi connectivity index (χ4v) is 3.09. The Morgan fingerprint density at radius 2 is 1.82 bits per heavy atom. The molecule has 0 saturated heterocycles. The number of carbonyl (C=O) groups is 1. The minimum Gasteiger partial charge on any atom is -0.373 e. The second-order valence-electron chi connectivity index (χ2n) is 5.38. The van der Waals surface area contributed by atoms with Crippen LogP contribution in [0.1, 0.15) is 15.9 Å². The molecule has 0 atom stereocenters. The molecule has 0 saturated carbocycles. The smallest absolute Gasteiger partial charge is 0.255 e. The zero-order valence-electron chi connectivity index (χ0n) is 12.2. The number of rotatable bonds is 1. The normalized spacial score (nSPS) is 14.5. The minimum absolute atomic E-state index is 0.0856. The fourth-order valence-electron chi connectivity index (χ4n) is 2.71. The van der Waals surface area contributed by atoms with Crippen molar-refractivity contribution in [2.24, 2.45) is 0 Å². The Morgan fingerprint density at radius 3 is 2.64 bits per heavy atom. The molecule has 2 aromatic rings. The Morgan fingerprint density at radius 1 is 1.05 bits per heavy atom. The topological polar surface area (TPSA) is 23.6 Å². The average molecular weight is 335 g/mol. The predicted octanol–water partition coefficient (Wildman–Crippen LogP) is 4.09. The monoisotopic (exact) mass is 334 g/mol. The number of anilines is 1. The van der Waals surface area contributed by atoms with Gasteiger partial charge < -0.3 is 9.80 Å². The van der Waals surface area contributed by atoms with Crippen LogP contribution in [0.2, 0.25) is 10.0 Å². The van der Waals surface area contributed by atoms with Gasteiger partial charge in [-0.15, -0.1) is 0 Å². The lowest BCUT2D eigenvalue weighted by Crippen LogP contribution is -2.34. The second-order valence-corrected chi connectivity index (χ2v) is 6.16. The first-order valence-corrected chi connectivity index (χ1v) is 7.86. The van der Waals surface area contributed by atoms with E-state index in [4.69, 9.17) is 23.2 Å². The van der Waals surface area contributed by atoms with E-state index in [0.717, 1.165) is 17.8 Å². The molecular weight excluding hydrogens is 319 g/mol. The van der Waals surface area contributed by atoms with Gasteiger partial charge in [-0.3, -0.25) is 4.79 Å². The number of hydrogen-bond acceptors (Lipinski definition) is 2. The van der Waals surface area contributed by atoms with Crippen LogP contribution in [-0.4, -0.2) is 30.9 Å². The third-order valence-electron chi connectivity index (χ3n) is 3.94. The molecule has 0 unspecified atom stereocenters. The molecule has 1 aliphatic heterocycles. The van der Waals surface area contributed by atoms with Crippen molar-refractivity contribution >= 4 is 34.8 Å². The Kier molecular flexibility index (Phi) is 4.27. The van der Waals surface area contributed by atoms with E-state index in [-0.39, 0.29) is 5.91 Å². The van der Waals surface area contributed by atoms with Gasteiger partial charge in [-0.1, -0.05) is 47.5 Å². The summed E-state index contributed by atoms with van der Waals surface area (Å²) in [6, 6.07) is 13.3. The minimum atomic E-state index is -0.0856. The Hall–Kier alpha value is -1.71. The molecular formula is C17H16Cl2N2O. The molecule has 0 fully saturated rings. The van der Waals surface area contributed by atoms with Crippen LogP contribution < -0.4 is 4.90 Å². The van der Waals surface area contributed by atoms with Crippen LogP contribution in [0.5, 0.6) is 0 Å². The molecule has 0 bridgehead atoms. The highest BCUT2D eigenvalue weighted by Crippen LogP contribution is 2.29. The summed E-state index contributed by atoms with van der Waals surface area (Å²) in [5, 5.41) is 0.722. The maximum absolute atomic E-state index is 12.8. The van der Waals surface area contributed by atoms with E-state index in [1.807, 2.05) is 24.1 Å². The van der Waals surface area contributed by atoms with Gasteiger partial charge in [0.05, 0.1) is 15.6 Å². The van der Waals surface area contributed by atoms with Gasteiger partial charge in [0.1, 0.15) is 0 Å². The molecule has 0 radical (unpaired) electrons. The maximum atomic E-state index is 12.8. The molecule has 22 heavy (non-hydrogen) atoms. The van der Waals surface area contributed by atoms with Crippen molar-refractivity contribution in [2.45, 2.75) is 6.54 Å². The van der Waals surface area contributed by atoms with Crippen molar-refractivity contribution in [1.29, 1.82) is 0 Å². The number of nitrogens with zero attached hydrogens (tertiary/aromatic N) is 2. The summed E-state index contributed by atoms with van der Waals surface area (Å²) in [5.41, 5.74) is 2.75. The molecule has 2 aromatic carbocycles. The maximum Gasteiger partial charge on any atom is 0.255 e. The van der Waals surface area contributed by atoms with Crippen LogP contribution in [0.4, 0.5) is 5.69 Å². The van der Waals surface area contributed by atoms with Gasteiger partial charge in [-0.05, 0) is 23.8 Å². The summed E-state index contributed by atoms with van der Waals surface area (Å²) in [6.45, 7) is 2.00. The van der Waals surface area contributed by atoms with Gasteiger partial charge in [0.15, 0.2) is 0 Å². The summed E-state index contributed by atoms with van der Waals surface area (Å²) < 4.78 is 0. The van der Waals surface area contributed by atoms with Gasteiger partial charge >= 0.3 is 0 Å². The molecule has 0 aromatic heterocycles. The van der Waals surface area contributed by atoms with E-state index in [9.17, 15) is 4.79 Å². The van der Waals surface area contributed by atoms with Gasteiger partial charge in [0.2, 0.25) is 0 Å². The zero-order chi connectivity index (χ0) is 15.7. The Balaban J connectivity index is 1.93. The largest absolute Gasteiger partial charge is 0.373 e. The van der Waals surface area contributed by atoms with Crippen molar-refractivity contribution in [3.63, 3.8) is 0 Å². The summed E-state index contributed by atoms with van der Waals surface area (Å²) in [4.78, 5) is 16.8. The number of likely N-dealkylation sites (N-methyl/N-ethyl adjacent to an activating group) is 1. The van der Waals surface area contributed by atoms with E-state index in [1.165, 1.54) is 0 Å². The van der Waals surface area contributed by atoms with Gasteiger partial charge in [-0.2, -0.15) is 0 Å². The molecule has 114 valence electrons. The highest BCUT2D eigenvalue weighted by molar-refractivity contribution is 6.43. The molecule has 0 N–H and O–H groups in total. The number of carbonyl (C=O) groups excluding carboxylic acids is 1. The first-order chi connectivity index (χ1) is 10.6. The highest BCUT2D eigenvalue weighted by atomic mass is 35.5. The number of benzene rings is 2. The van der Waals surface area contributed by atoms with E-state index < -0.39 is 0 Å². The first-order valence-electron chi connectivity index (χ1n) is 7.10. The van der Waals surface area contributed by atoms with E-state index >= 15 is 0 Å². The standard InChI is InChI=1S/C17H16Cl2N2O/c1-20-9-10-21(11-12-5-2-3-8-15(12)20)17(22)13-6-4-7-14(18)16(13)19/h2-8H,9-11H2,1H3. The summed E-state index contributed by atoms with van der Waals surface area (Å²) >= 11 is 12.2. The van der Waals surface area contributed by atoms with Gasteiger partial charge in [-0.25, -0.2) is 0 Å². The van der Waals surface area contributed by atoms with E-state index in [1.54, 1.807) is 18.2 Å². The highest BCUT2D eigenvalue weighted by Gasteiger charge is 2.24. The third-order valence-corrected chi connectivity index (χ3v) is 4.76. The zero-order valence-corrected chi connectivity index (χ0v) is 13.7. The van der Waals surface area contributed by atoms with Crippen LogP contribution in [0.3, 0.4) is 0 Å². The van der Waals surface area contributed by atoms with E-state index in [2.05, 4.69) is 17.0 Å². The molecule has 1 amide bonds. The van der Waals surface area contributed by atoms with Crippen molar-refractivity contribution in [2.75, 3.05) is 25.0 Å². The van der Waals surface area contributed by atoms with Crippen LogP contribution in [0, 0.1) is 0 Å². The summed E-state index contributed by atoms with van der Waals surface area (Å²) in [7, 11) is 2.04.